The second-order valence-corrected chi connectivity index (χ2v) is 8.39. The zero-order chi connectivity index (χ0) is 19.9. The Morgan fingerprint density at radius 1 is 1.21 bits per heavy atom. The van der Waals surface area contributed by atoms with Crippen molar-refractivity contribution in [2.24, 2.45) is 0 Å². The summed E-state index contributed by atoms with van der Waals surface area (Å²) in [4.78, 5) is 28.1. The monoisotopic (exact) mass is 401 g/mol. The van der Waals surface area contributed by atoms with Crippen LogP contribution in [-0.4, -0.2) is 49.1 Å². The molecule has 1 atom stereocenters. The number of hydrogen-bond donors (Lipinski definition) is 2. The van der Waals surface area contributed by atoms with Crippen molar-refractivity contribution in [3.05, 3.63) is 57.3 Å². The molecule has 7 heteroatoms. The summed E-state index contributed by atoms with van der Waals surface area (Å²) in [6.45, 7) is 7.98. The van der Waals surface area contributed by atoms with Crippen LogP contribution < -0.4 is 10.6 Å². The summed E-state index contributed by atoms with van der Waals surface area (Å²) in [5.74, 6) is -0.413. The highest BCUT2D eigenvalue weighted by Gasteiger charge is 2.16. The summed E-state index contributed by atoms with van der Waals surface area (Å²) in [5.41, 5.74) is 2.27. The van der Waals surface area contributed by atoms with Gasteiger partial charge in [-0.25, -0.2) is 0 Å². The second kappa shape index (κ2) is 9.82. The van der Waals surface area contributed by atoms with Crippen LogP contribution in [0.25, 0.3) is 0 Å². The highest BCUT2D eigenvalue weighted by Crippen LogP contribution is 2.14. The molecule has 1 unspecified atom stereocenters. The number of hydrogen-bond acceptors (Lipinski definition) is 5. The molecule has 28 heavy (non-hydrogen) atoms. The summed E-state index contributed by atoms with van der Waals surface area (Å²) in [5, 5.41) is 5.52. The molecular formula is C21H27N3O3S. The molecule has 2 N–H and O–H groups in total. The Morgan fingerprint density at radius 3 is 2.79 bits per heavy atom. The molecule has 1 saturated heterocycles. The summed E-state index contributed by atoms with van der Waals surface area (Å²) < 4.78 is 5.59. The quantitative estimate of drug-likeness (QED) is 0.747. The van der Waals surface area contributed by atoms with E-state index in [0.29, 0.717) is 11.4 Å². The SMILES string of the molecule is Cc1ccc(C(=O)NCC(=O)NCc2cccc(CN3CCOC(C)C3)c2)s1. The van der Waals surface area contributed by atoms with Crippen LogP contribution in [0.4, 0.5) is 0 Å². The molecule has 1 aliphatic heterocycles. The third-order valence-corrected chi connectivity index (χ3v) is 5.59. The van der Waals surface area contributed by atoms with Gasteiger partial charge in [-0.15, -0.1) is 11.3 Å². The zero-order valence-corrected chi connectivity index (χ0v) is 17.2. The molecule has 150 valence electrons. The molecule has 0 radical (unpaired) electrons. The lowest BCUT2D eigenvalue weighted by molar-refractivity contribution is -0.120. The van der Waals surface area contributed by atoms with Crippen LogP contribution in [0.15, 0.2) is 36.4 Å². The maximum absolute atomic E-state index is 12.1. The molecule has 1 aromatic heterocycles. The van der Waals surface area contributed by atoms with Crippen molar-refractivity contribution >= 4 is 23.2 Å². The van der Waals surface area contributed by atoms with Crippen LogP contribution in [0.3, 0.4) is 0 Å². The minimum atomic E-state index is -0.213. The van der Waals surface area contributed by atoms with E-state index in [1.807, 2.05) is 25.1 Å². The predicted octanol–water partition coefficient (Wildman–Crippen LogP) is 2.32. The number of benzene rings is 1. The number of carbonyl (C=O) groups is 2. The lowest BCUT2D eigenvalue weighted by Gasteiger charge is -2.31. The van der Waals surface area contributed by atoms with Crippen molar-refractivity contribution in [3.8, 4) is 0 Å². The molecule has 1 aromatic carbocycles. The average Bonchev–Trinajstić information content (AvgIpc) is 3.11. The largest absolute Gasteiger partial charge is 0.376 e. The van der Waals surface area contributed by atoms with E-state index in [9.17, 15) is 9.59 Å². The molecule has 3 rings (SSSR count). The number of amides is 2. The van der Waals surface area contributed by atoms with Gasteiger partial charge in [0.2, 0.25) is 5.91 Å². The number of aryl methyl sites for hydroxylation is 1. The summed E-state index contributed by atoms with van der Waals surface area (Å²) in [7, 11) is 0. The van der Waals surface area contributed by atoms with E-state index in [0.717, 1.165) is 36.7 Å². The Labute approximate surface area is 169 Å². The topological polar surface area (TPSA) is 70.7 Å². The normalized spacial score (nSPS) is 17.3. The van der Waals surface area contributed by atoms with Crippen molar-refractivity contribution in [2.45, 2.75) is 33.0 Å². The standard InChI is InChI=1S/C21H27N3O3S/c1-15-13-24(8-9-27-15)14-18-5-3-4-17(10-18)11-22-20(25)12-23-21(26)19-7-6-16(2)28-19/h3-7,10,15H,8-9,11-14H2,1-2H3,(H,22,25)(H,23,26). The number of morpholine rings is 1. The minimum Gasteiger partial charge on any atom is -0.376 e. The van der Waals surface area contributed by atoms with Crippen molar-refractivity contribution in [2.75, 3.05) is 26.2 Å². The number of rotatable bonds is 7. The first kappa shape index (κ1) is 20.5. The molecule has 2 aromatic rings. The van der Waals surface area contributed by atoms with Gasteiger partial charge < -0.3 is 15.4 Å². The van der Waals surface area contributed by atoms with E-state index in [1.54, 1.807) is 6.07 Å². The highest BCUT2D eigenvalue weighted by atomic mass is 32.1. The Kier molecular flexibility index (Phi) is 7.19. The van der Waals surface area contributed by atoms with E-state index in [2.05, 4.69) is 34.6 Å². The highest BCUT2D eigenvalue weighted by molar-refractivity contribution is 7.13. The minimum absolute atomic E-state index is 0.0266. The van der Waals surface area contributed by atoms with E-state index in [4.69, 9.17) is 4.74 Å². The van der Waals surface area contributed by atoms with Crippen molar-refractivity contribution in [1.29, 1.82) is 0 Å². The van der Waals surface area contributed by atoms with E-state index in [-0.39, 0.29) is 24.5 Å². The molecule has 2 amide bonds. The lowest BCUT2D eigenvalue weighted by Crippen LogP contribution is -2.40. The fourth-order valence-electron chi connectivity index (χ4n) is 3.20. The molecule has 0 saturated carbocycles. The third kappa shape index (κ3) is 6.15. The van der Waals surface area contributed by atoms with Gasteiger partial charge >= 0.3 is 0 Å². The Hall–Kier alpha value is -2.22. The fraction of sp³-hybridized carbons (Fsp3) is 0.429. The molecule has 2 heterocycles. The maximum atomic E-state index is 12.1. The Morgan fingerprint density at radius 2 is 2.04 bits per heavy atom. The van der Waals surface area contributed by atoms with E-state index < -0.39 is 0 Å². The van der Waals surface area contributed by atoms with Gasteiger partial charge in [0.1, 0.15) is 0 Å². The van der Waals surface area contributed by atoms with Crippen molar-refractivity contribution in [1.82, 2.24) is 15.5 Å². The zero-order valence-electron chi connectivity index (χ0n) is 16.4. The first-order chi connectivity index (χ1) is 13.5. The number of ether oxygens (including phenoxy) is 1. The van der Waals surface area contributed by atoms with Crippen LogP contribution in [0.5, 0.6) is 0 Å². The van der Waals surface area contributed by atoms with Crippen LogP contribution in [0.1, 0.15) is 32.6 Å². The van der Waals surface area contributed by atoms with Gasteiger partial charge in [-0.1, -0.05) is 24.3 Å². The van der Waals surface area contributed by atoms with Gasteiger partial charge in [-0.3, -0.25) is 14.5 Å². The summed E-state index contributed by atoms with van der Waals surface area (Å²) in [6, 6.07) is 11.9. The number of carbonyl (C=O) groups excluding carboxylic acids is 2. The fourth-order valence-corrected chi connectivity index (χ4v) is 3.98. The van der Waals surface area contributed by atoms with Gasteiger partial charge in [0.25, 0.3) is 5.91 Å². The van der Waals surface area contributed by atoms with Crippen LogP contribution in [0, 0.1) is 6.92 Å². The van der Waals surface area contributed by atoms with Crippen LogP contribution in [0.2, 0.25) is 0 Å². The van der Waals surface area contributed by atoms with Gasteiger partial charge in [0.15, 0.2) is 0 Å². The van der Waals surface area contributed by atoms with Crippen LogP contribution >= 0.6 is 11.3 Å². The first-order valence-corrected chi connectivity index (χ1v) is 10.3. The number of nitrogens with one attached hydrogen (secondary N) is 2. The van der Waals surface area contributed by atoms with Crippen LogP contribution in [-0.2, 0) is 22.6 Å². The summed E-state index contributed by atoms with van der Waals surface area (Å²) >= 11 is 1.42. The van der Waals surface area contributed by atoms with Gasteiger partial charge in [-0.2, -0.15) is 0 Å². The molecule has 0 spiro atoms. The van der Waals surface area contributed by atoms with E-state index in [1.165, 1.54) is 16.9 Å². The maximum Gasteiger partial charge on any atom is 0.261 e. The molecule has 1 fully saturated rings. The lowest BCUT2D eigenvalue weighted by atomic mass is 10.1. The van der Waals surface area contributed by atoms with Gasteiger partial charge in [0, 0.05) is 31.1 Å². The molecule has 1 aliphatic rings. The molecule has 0 aliphatic carbocycles. The van der Waals surface area contributed by atoms with Crippen molar-refractivity contribution < 1.29 is 14.3 Å². The van der Waals surface area contributed by atoms with Crippen molar-refractivity contribution in [3.63, 3.8) is 0 Å². The third-order valence-electron chi connectivity index (χ3n) is 4.59. The van der Waals surface area contributed by atoms with Gasteiger partial charge in [-0.05, 0) is 37.1 Å². The van der Waals surface area contributed by atoms with Gasteiger partial charge in [0.05, 0.1) is 24.1 Å². The Balaban J connectivity index is 1.43. The van der Waals surface area contributed by atoms with E-state index >= 15 is 0 Å². The molecular weight excluding hydrogens is 374 g/mol. The average molecular weight is 402 g/mol. The summed E-state index contributed by atoms with van der Waals surface area (Å²) in [6.07, 6.45) is 0.268. The predicted molar refractivity (Wildman–Crippen MR) is 110 cm³/mol. The number of nitrogens with zero attached hydrogens (tertiary/aromatic N) is 1. The second-order valence-electron chi connectivity index (χ2n) is 7.11. The first-order valence-electron chi connectivity index (χ1n) is 9.52. The molecule has 0 bridgehead atoms. The smallest absolute Gasteiger partial charge is 0.261 e. The molecule has 6 nitrogen and oxygen atoms in total. The Bertz CT molecular complexity index is 821. The number of thiophene rings is 1.